The van der Waals surface area contributed by atoms with Crippen molar-refractivity contribution in [3.8, 4) is 134 Å². The molecule has 3 aromatic heterocycles. The Hall–Kier alpha value is -10.9. The number of aromatic nitrogens is 4. The van der Waals surface area contributed by atoms with Crippen LogP contribution >= 0.6 is 0 Å². The smallest absolute Gasteiger partial charge is 0.160 e. The van der Waals surface area contributed by atoms with Gasteiger partial charge in [0, 0.05) is 44.3 Å². The lowest BCUT2D eigenvalue weighted by atomic mass is 9.91. The number of rotatable bonds is 12. The monoisotopic (exact) mass is 1040 g/mol. The fraction of sp³-hybridized carbons (Fsp3) is 0. The zero-order valence-electron chi connectivity index (χ0n) is 44.8. The summed E-state index contributed by atoms with van der Waals surface area (Å²) in [5, 5.41) is 0.949. The Morgan fingerprint density at radius 2 is 0.476 bits per heavy atom. The average Bonchev–Trinajstić information content (AvgIpc) is 3.67. The van der Waals surface area contributed by atoms with Crippen molar-refractivity contribution >= 4 is 10.9 Å². The van der Waals surface area contributed by atoms with Crippen molar-refractivity contribution < 1.29 is 0 Å². The first-order chi connectivity index (χ1) is 40.6. The van der Waals surface area contributed by atoms with E-state index in [-0.39, 0.29) is 0 Å². The molecule has 4 heteroatoms. The van der Waals surface area contributed by atoms with Crippen molar-refractivity contribution in [1.29, 1.82) is 0 Å². The third kappa shape index (κ3) is 10.2. The topological polar surface area (TPSA) is 51.6 Å². The molecule has 14 rings (SSSR count). The first-order valence-corrected chi connectivity index (χ1v) is 27.8. The first kappa shape index (κ1) is 49.4. The number of pyridine rings is 2. The standard InChI is InChI=1S/C78H52N4/c1-7-21-53(22-8-1)63-33-19-35-65(45-63)67-47-70(66-36-20-34-64(46-66)54-23-9-2-10-24-54)77-71(48-67)76(61-41-39-60(40-42-61)75-50-68(55-25-11-3-12-26-55)49-72(80-75)57-27-13-4-14-28-57)81-78(82-77)62-43-37-56(38-44-62)69-51-73(58-29-15-5-16-30-58)79-74(52-69)59-31-17-6-18-32-59/h1-52H. The molecule has 3 heterocycles. The van der Waals surface area contributed by atoms with E-state index in [1.54, 1.807) is 0 Å². The van der Waals surface area contributed by atoms with Crippen molar-refractivity contribution in [2.45, 2.75) is 0 Å². The SMILES string of the molecule is c1ccc(-c2cccc(-c3cc(-c4cccc(-c5ccccc5)c4)c4nc(-c5ccc(-c6cc(-c7ccccc7)nc(-c7ccccc7)c6)cc5)nc(-c5ccc(-c6cc(-c7ccccc7)cc(-c7ccccc7)n6)cc5)c4c3)c2)cc1. The Kier molecular flexibility index (Phi) is 13.3. The number of nitrogens with zero attached hydrogens (tertiary/aromatic N) is 4. The van der Waals surface area contributed by atoms with E-state index < -0.39 is 0 Å². The van der Waals surface area contributed by atoms with Crippen molar-refractivity contribution in [3.05, 3.63) is 315 Å². The number of benzene rings is 11. The summed E-state index contributed by atoms with van der Waals surface area (Å²) >= 11 is 0. The maximum absolute atomic E-state index is 5.63. The van der Waals surface area contributed by atoms with E-state index >= 15 is 0 Å². The fourth-order valence-electron chi connectivity index (χ4n) is 11.0. The Bertz CT molecular complexity index is 4440. The molecule has 0 aliphatic heterocycles. The quantitative estimate of drug-likeness (QED) is 0.122. The summed E-state index contributed by atoms with van der Waals surface area (Å²) in [5.41, 5.74) is 24.6. The highest BCUT2D eigenvalue weighted by molar-refractivity contribution is 6.05. The van der Waals surface area contributed by atoms with E-state index in [2.05, 4.69) is 297 Å². The van der Waals surface area contributed by atoms with Gasteiger partial charge in [-0.1, -0.05) is 267 Å². The Labute approximate surface area is 478 Å². The van der Waals surface area contributed by atoms with Gasteiger partial charge in [0.2, 0.25) is 0 Å². The van der Waals surface area contributed by atoms with Gasteiger partial charge in [0.1, 0.15) is 0 Å². The molecule has 14 aromatic rings. The Balaban J connectivity index is 0.957. The molecule has 0 bridgehead atoms. The molecule has 0 saturated heterocycles. The predicted octanol–water partition coefficient (Wildman–Crippen LogP) is 20.4. The van der Waals surface area contributed by atoms with Gasteiger partial charge in [0.15, 0.2) is 5.82 Å². The maximum Gasteiger partial charge on any atom is 0.160 e. The molecule has 0 aliphatic rings. The minimum Gasteiger partial charge on any atom is -0.248 e. The zero-order chi connectivity index (χ0) is 54.6. The van der Waals surface area contributed by atoms with Crippen LogP contribution in [0.25, 0.3) is 145 Å². The lowest BCUT2D eigenvalue weighted by Gasteiger charge is -2.17. The number of fused-ring (bicyclic) bond motifs is 1. The molecule has 0 radical (unpaired) electrons. The molecule has 0 amide bonds. The molecule has 0 unspecified atom stereocenters. The van der Waals surface area contributed by atoms with E-state index in [9.17, 15) is 0 Å². The molecule has 0 atom stereocenters. The van der Waals surface area contributed by atoms with Crippen molar-refractivity contribution in [2.75, 3.05) is 0 Å². The largest absolute Gasteiger partial charge is 0.248 e. The molecule has 0 aliphatic carbocycles. The Morgan fingerprint density at radius 1 is 0.171 bits per heavy atom. The third-order valence-corrected chi connectivity index (χ3v) is 15.3. The summed E-state index contributed by atoms with van der Waals surface area (Å²) in [7, 11) is 0. The van der Waals surface area contributed by atoms with E-state index in [0.717, 1.165) is 140 Å². The lowest BCUT2D eigenvalue weighted by molar-refractivity contribution is 1.23. The summed E-state index contributed by atoms with van der Waals surface area (Å²) in [5.74, 6) is 0.631. The zero-order valence-corrected chi connectivity index (χ0v) is 44.8. The molecule has 0 saturated carbocycles. The van der Waals surface area contributed by atoms with Crippen LogP contribution < -0.4 is 0 Å². The molecule has 4 nitrogen and oxygen atoms in total. The van der Waals surface area contributed by atoms with Crippen LogP contribution in [0.15, 0.2) is 315 Å². The van der Waals surface area contributed by atoms with Crippen LogP contribution in [0.1, 0.15) is 0 Å². The van der Waals surface area contributed by atoms with Crippen LogP contribution in [0.5, 0.6) is 0 Å². The van der Waals surface area contributed by atoms with Gasteiger partial charge in [-0.15, -0.1) is 0 Å². The van der Waals surface area contributed by atoms with Crippen molar-refractivity contribution in [1.82, 2.24) is 19.9 Å². The van der Waals surface area contributed by atoms with Gasteiger partial charge in [-0.05, 0) is 110 Å². The summed E-state index contributed by atoms with van der Waals surface area (Å²) in [6.07, 6.45) is 0. The van der Waals surface area contributed by atoms with Gasteiger partial charge in [-0.3, -0.25) is 0 Å². The Morgan fingerprint density at radius 3 is 0.927 bits per heavy atom. The highest BCUT2D eigenvalue weighted by Gasteiger charge is 2.20. The number of hydrogen-bond acceptors (Lipinski definition) is 4. The summed E-state index contributed by atoms with van der Waals surface area (Å²) in [6, 6.07) is 111. The van der Waals surface area contributed by atoms with Gasteiger partial charge in [0.05, 0.1) is 34.0 Å². The minimum atomic E-state index is 0.631. The van der Waals surface area contributed by atoms with Gasteiger partial charge >= 0.3 is 0 Å². The van der Waals surface area contributed by atoms with E-state index in [4.69, 9.17) is 19.9 Å². The molecule has 0 spiro atoms. The molecule has 82 heavy (non-hydrogen) atoms. The second-order valence-electron chi connectivity index (χ2n) is 20.6. The van der Waals surface area contributed by atoms with Crippen LogP contribution in [0.4, 0.5) is 0 Å². The third-order valence-electron chi connectivity index (χ3n) is 15.3. The lowest BCUT2D eigenvalue weighted by Crippen LogP contribution is -1.98. The highest BCUT2D eigenvalue weighted by atomic mass is 14.9. The molecule has 0 fully saturated rings. The van der Waals surface area contributed by atoms with Crippen LogP contribution in [0.2, 0.25) is 0 Å². The highest BCUT2D eigenvalue weighted by Crippen LogP contribution is 2.42. The molecular weight excluding hydrogens is 993 g/mol. The average molecular weight is 1050 g/mol. The predicted molar refractivity (Wildman–Crippen MR) is 340 cm³/mol. The van der Waals surface area contributed by atoms with Crippen molar-refractivity contribution in [2.24, 2.45) is 0 Å². The van der Waals surface area contributed by atoms with Crippen LogP contribution in [-0.4, -0.2) is 19.9 Å². The fourth-order valence-corrected chi connectivity index (χ4v) is 11.0. The summed E-state index contributed by atoms with van der Waals surface area (Å²) in [4.78, 5) is 21.7. The molecule has 384 valence electrons. The van der Waals surface area contributed by atoms with Gasteiger partial charge < -0.3 is 0 Å². The van der Waals surface area contributed by atoms with Gasteiger partial charge in [-0.2, -0.15) is 0 Å². The van der Waals surface area contributed by atoms with E-state index in [1.165, 1.54) is 0 Å². The summed E-state index contributed by atoms with van der Waals surface area (Å²) < 4.78 is 0. The minimum absolute atomic E-state index is 0.631. The normalized spacial score (nSPS) is 11.2. The molecule has 0 N–H and O–H groups in total. The first-order valence-electron chi connectivity index (χ1n) is 27.8. The summed E-state index contributed by atoms with van der Waals surface area (Å²) in [6.45, 7) is 0. The van der Waals surface area contributed by atoms with Crippen molar-refractivity contribution in [3.63, 3.8) is 0 Å². The van der Waals surface area contributed by atoms with Crippen LogP contribution in [0.3, 0.4) is 0 Å². The molecule has 11 aromatic carbocycles. The molecular formula is C78H52N4. The van der Waals surface area contributed by atoms with Crippen LogP contribution in [0, 0.1) is 0 Å². The maximum atomic E-state index is 5.63. The van der Waals surface area contributed by atoms with E-state index in [0.29, 0.717) is 5.82 Å². The van der Waals surface area contributed by atoms with Crippen LogP contribution in [-0.2, 0) is 0 Å². The second kappa shape index (κ2) is 22.1. The second-order valence-corrected chi connectivity index (χ2v) is 20.6. The van der Waals surface area contributed by atoms with Gasteiger partial charge in [-0.25, -0.2) is 19.9 Å². The van der Waals surface area contributed by atoms with Gasteiger partial charge in [0.25, 0.3) is 0 Å². The van der Waals surface area contributed by atoms with E-state index in [1.807, 2.05) is 18.2 Å². The number of hydrogen-bond donors (Lipinski definition) is 0.